The Morgan fingerprint density at radius 3 is 2.59 bits per heavy atom. The second-order valence-electron chi connectivity index (χ2n) is 8.88. The maximum absolute atomic E-state index is 12.9. The quantitative estimate of drug-likeness (QED) is 0.616. The summed E-state index contributed by atoms with van der Waals surface area (Å²) in [5.41, 5.74) is 5.03. The van der Waals surface area contributed by atoms with Crippen molar-refractivity contribution in [2.24, 2.45) is 0 Å². The first-order valence-electron chi connectivity index (χ1n) is 11.5. The maximum Gasteiger partial charge on any atom is 0.253 e. The van der Waals surface area contributed by atoms with E-state index >= 15 is 0 Å². The van der Waals surface area contributed by atoms with Gasteiger partial charge in [-0.15, -0.1) is 0 Å². The van der Waals surface area contributed by atoms with Gasteiger partial charge in [0.25, 0.3) is 5.91 Å². The van der Waals surface area contributed by atoms with E-state index in [2.05, 4.69) is 28.9 Å². The van der Waals surface area contributed by atoms with Crippen LogP contribution < -0.4 is 4.90 Å². The van der Waals surface area contributed by atoms with Crippen molar-refractivity contribution in [2.75, 3.05) is 31.1 Å². The lowest BCUT2D eigenvalue weighted by molar-refractivity contribution is 0.0790. The first-order valence-corrected chi connectivity index (χ1v) is 11.5. The minimum absolute atomic E-state index is 0.103. The van der Waals surface area contributed by atoms with Crippen molar-refractivity contribution < 1.29 is 4.79 Å². The molecule has 0 saturated carbocycles. The number of aromatic nitrogens is 3. The number of aryl methyl sites for hydroxylation is 1. The van der Waals surface area contributed by atoms with Crippen LogP contribution in [0.25, 0.3) is 0 Å². The summed E-state index contributed by atoms with van der Waals surface area (Å²) in [5.74, 6) is 1.16. The summed E-state index contributed by atoms with van der Waals surface area (Å²) in [6.07, 6.45) is 5.85. The van der Waals surface area contributed by atoms with Crippen molar-refractivity contribution in [3.63, 3.8) is 0 Å². The lowest BCUT2D eigenvalue weighted by atomic mass is 10.0. The molecule has 2 fully saturated rings. The Hall–Kier alpha value is -3.28. The normalized spacial score (nSPS) is 18.3. The highest BCUT2D eigenvalue weighted by Gasteiger charge is 2.30. The molecule has 1 atom stereocenters. The molecule has 0 bridgehead atoms. The third kappa shape index (κ3) is 4.49. The largest absolute Gasteiger partial charge is 0.341 e. The van der Waals surface area contributed by atoms with Gasteiger partial charge in [-0.05, 0) is 62.1 Å². The number of pyridine rings is 1. The lowest BCUT2D eigenvalue weighted by Gasteiger charge is -2.20. The number of likely N-dealkylation sites (tertiary alicyclic amines) is 1. The molecule has 6 nitrogen and oxygen atoms in total. The van der Waals surface area contributed by atoms with Crippen LogP contribution >= 0.6 is 0 Å². The second-order valence-corrected chi connectivity index (χ2v) is 8.88. The Morgan fingerprint density at radius 2 is 1.81 bits per heavy atom. The van der Waals surface area contributed by atoms with Gasteiger partial charge in [0.2, 0.25) is 5.95 Å². The maximum atomic E-state index is 12.9. The third-order valence-corrected chi connectivity index (χ3v) is 6.42. The van der Waals surface area contributed by atoms with Crippen molar-refractivity contribution in [3.8, 4) is 0 Å². The highest BCUT2D eigenvalue weighted by molar-refractivity contribution is 5.94. The Labute approximate surface area is 189 Å². The van der Waals surface area contributed by atoms with Crippen LogP contribution in [0.5, 0.6) is 0 Å². The van der Waals surface area contributed by atoms with Gasteiger partial charge >= 0.3 is 0 Å². The number of anilines is 1. The van der Waals surface area contributed by atoms with Crippen LogP contribution in [0.15, 0.2) is 54.7 Å². The summed E-state index contributed by atoms with van der Waals surface area (Å²) in [4.78, 5) is 31.6. The number of benzene rings is 1. The number of amides is 1. The van der Waals surface area contributed by atoms with Crippen LogP contribution in [-0.2, 0) is 6.42 Å². The Morgan fingerprint density at radius 1 is 1.00 bits per heavy atom. The topological polar surface area (TPSA) is 62.2 Å². The van der Waals surface area contributed by atoms with Crippen LogP contribution in [0.3, 0.4) is 0 Å². The summed E-state index contributed by atoms with van der Waals surface area (Å²) in [6.45, 7) is 5.56. The zero-order valence-corrected chi connectivity index (χ0v) is 18.6. The van der Waals surface area contributed by atoms with Gasteiger partial charge in [-0.25, -0.2) is 9.97 Å². The first-order chi connectivity index (χ1) is 15.7. The van der Waals surface area contributed by atoms with Gasteiger partial charge in [0.15, 0.2) is 0 Å². The summed E-state index contributed by atoms with van der Waals surface area (Å²) in [7, 11) is 0. The minimum atomic E-state index is 0.103. The number of carbonyl (C=O) groups excluding carboxylic acids is 1. The number of hydrogen-bond acceptors (Lipinski definition) is 5. The fourth-order valence-electron chi connectivity index (χ4n) is 4.69. The van der Waals surface area contributed by atoms with Gasteiger partial charge in [-0.2, -0.15) is 0 Å². The van der Waals surface area contributed by atoms with E-state index in [0.29, 0.717) is 13.0 Å². The van der Waals surface area contributed by atoms with E-state index in [9.17, 15) is 4.79 Å². The van der Waals surface area contributed by atoms with Crippen LogP contribution in [0.4, 0.5) is 5.95 Å². The molecule has 0 N–H and O–H groups in total. The SMILES string of the molecule is Cc1ccnc(Cc2cc(C3CCN(C(=O)c4ccccc4)C3)nc(N3CCCC3)n2)c1. The van der Waals surface area contributed by atoms with Crippen molar-refractivity contribution in [3.05, 3.63) is 82.9 Å². The first kappa shape index (κ1) is 20.6. The predicted molar refractivity (Wildman–Crippen MR) is 125 cm³/mol. The molecule has 2 saturated heterocycles. The number of rotatable bonds is 5. The zero-order valence-electron chi connectivity index (χ0n) is 18.6. The molecular weight excluding hydrogens is 398 g/mol. The van der Waals surface area contributed by atoms with Crippen molar-refractivity contribution in [2.45, 2.75) is 38.5 Å². The fourth-order valence-corrected chi connectivity index (χ4v) is 4.69. The van der Waals surface area contributed by atoms with E-state index < -0.39 is 0 Å². The average Bonchev–Trinajstić information content (AvgIpc) is 3.52. The Balaban J connectivity index is 1.40. The highest BCUT2D eigenvalue weighted by Crippen LogP contribution is 2.29. The second kappa shape index (κ2) is 9.07. The van der Waals surface area contributed by atoms with E-state index in [-0.39, 0.29) is 11.8 Å². The van der Waals surface area contributed by atoms with E-state index in [0.717, 1.165) is 54.6 Å². The standard InChI is InChI=1S/C26H29N5O/c1-19-9-11-27-22(15-19)16-23-17-24(29-26(28-23)30-12-5-6-13-30)21-10-14-31(18-21)25(32)20-7-3-2-4-8-20/h2-4,7-9,11,15,17,21H,5-6,10,12-14,16,18H2,1H3. The van der Waals surface area contributed by atoms with E-state index in [4.69, 9.17) is 9.97 Å². The molecule has 6 heteroatoms. The van der Waals surface area contributed by atoms with E-state index in [1.165, 1.54) is 18.4 Å². The summed E-state index contributed by atoms with van der Waals surface area (Å²) in [6, 6.07) is 15.8. The molecule has 0 radical (unpaired) electrons. The van der Waals surface area contributed by atoms with Gasteiger partial charge < -0.3 is 9.80 Å². The monoisotopic (exact) mass is 427 g/mol. The molecule has 4 heterocycles. The summed E-state index contributed by atoms with van der Waals surface area (Å²) in [5, 5.41) is 0. The van der Waals surface area contributed by atoms with Crippen LogP contribution in [-0.4, -0.2) is 51.9 Å². The van der Waals surface area contributed by atoms with Crippen molar-refractivity contribution >= 4 is 11.9 Å². The molecular formula is C26H29N5O. The molecule has 0 spiro atoms. The zero-order chi connectivity index (χ0) is 21.9. The van der Waals surface area contributed by atoms with Crippen LogP contribution in [0, 0.1) is 6.92 Å². The number of hydrogen-bond donors (Lipinski definition) is 0. The van der Waals surface area contributed by atoms with E-state index in [1.807, 2.05) is 47.5 Å². The Kier molecular flexibility index (Phi) is 5.84. The molecule has 164 valence electrons. The molecule has 2 aromatic heterocycles. The summed E-state index contributed by atoms with van der Waals surface area (Å²) >= 11 is 0. The average molecular weight is 428 g/mol. The summed E-state index contributed by atoms with van der Waals surface area (Å²) < 4.78 is 0. The van der Waals surface area contributed by atoms with Gasteiger partial charge in [0, 0.05) is 56.0 Å². The lowest BCUT2D eigenvalue weighted by Crippen LogP contribution is -2.28. The molecule has 32 heavy (non-hydrogen) atoms. The Bertz CT molecular complexity index is 1090. The molecule has 0 aliphatic carbocycles. The fraction of sp³-hybridized carbons (Fsp3) is 0.385. The molecule has 5 rings (SSSR count). The van der Waals surface area contributed by atoms with Gasteiger partial charge in [-0.1, -0.05) is 18.2 Å². The predicted octanol–water partition coefficient (Wildman–Crippen LogP) is 4.00. The van der Waals surface area contributed by atoms with Crippen LogP contribution in [0.2, 0.25) is 0 Å². The van der Waals surface area contributed by atoms with Gasteiger partial charge in [0.05, 0.1) is 11.4 Å². The van der Waals surface area contributed by atoms with Crippen LogP contribution in [0.1, 0.15) is 58.2 Å². The van der Waals surface area contributed by atoms with Gasteiger partial charge in [0.1, 0.15) is 0 Å². The molecule has 2 aliphatic heterocycles. The molecule has 1 unspecified atom stereocenters. The van der Waals surface area contributed by atoms with Crippen molar-refractivity contribution in [1.29, 1.82) is 0 Å². The molecule has 1 amide bonds. The minimum Gasteiger partial charge on any atom is -0.341 e. The van der Waals surface area contributed by atoms with Gasteiger partial charge in [-0.3, -0.25) is 9.78 Å². The molecule has 2 aliphatic rings. The number of carbonyl (C=O) groups is 1. The third-order valence-electron chi connectivity index (χ3n) is 6.42. The van der Waals surface area contributed by atoms with E-state index in [1.54, 1.807) is 0 Å². The number of nitrogens with zero attached hydrogens (tertiary/aromatic N) is 5. The molecule has 1 aromatic carbocycles. The molecule has 3 aromatic rings. The highest BCUT2D eigenvalue weighted by atomic mass is 16.2. The smallest absolute Gasteiger partial charge is 0.253 e. The van der Waals surface area contributed by atoms with Crippen molar-refractivity contribution in [1.82, 2.24) is 19.9 Å².